The normalized spacial score (nSPS) is 21.9. The lowest BCUT2D eigenvalue weighted by molar-refractivity contribution is 0.0551. The predicted molar refractivity (Wildman–Crippen MR) is 116 cm³/mol. The summed E-state index contributed by atoms with van der Waals surface area (Å²) in [5.74, 6) is -2.63. The Morgan fingerprint density at radius 3 is 2.69 bits per heavy atom. The van der Waals surface area contributed by atoms with Gasteiger partial charge in [-0.25, -0.2) is 4.39 Å². The summed E-state index contributed by atoms with van der Waals surface area (Å²) in [5.41, 5.74) is -1.79. The van der Waals surface area contributed by atoms with Crippen molar-refractivity contribution in [2.75, 3.05) is 13.2 Å². The molecular weight excluding hydrogens is 439 g/mol. The van der Waals surface area contributed by atoms with E-state index in [-0.39, 0.29) is 53.3 Å². The van der Waals surface area contributed by atoms with Gasteiger partial charge in [0.05, 0.1) is 16.1 Å². The van der Waals surface area contributed by atoms with E-state index in [4.69, 9.17) is 11.6 Å². The fraction of sp³-hybridized carbons (Fsp3) is 0.435. The molecule has 4 rings (SSSR count). The summed E-state index contributed by atoms with van der Waals surface area (Å²) in [4.78, 5) is 40.3. The van der Waals surface area contributed by atoms with Gasteiger partial charge < -0.3 is 19.7 Å². The molecule has 2 N–H and O–H groups in total. The number of benzene rings is 1. The van der Waals surface area contributed by atoms with Crippen LogP contribution in [0.5, 0.6) is 5.75 Å². The van der Waals surface area contributed by atoms with Gasteiger partial charge >= 0.3 is 0 Å². The van der Waals surface area contributed by atoms with Crippen molar-refractivity contribution in [1.82, 2.24) is 9.47 Å². The Labute approximate surface area is 189 Å². The number of rotatable bonds is 6. The van der Waals surface area contributed by atoms with Gasteiger partial charge in [0, 0.05) is 37.7 Å². The first-order valence-electron chi connectivity index (χ1n) is 10.5. The number of aromatic hydroxyl groups is 1. The number of pyridine rings is 1. The largest absolute Gasteiger partial charge is 0.503 e. The summed E-state index contributed by atoms with van der Waals surface area (Å²) >= 11 is 5.78. The molecule has 2 aliphatic rings. The molecule has 2 heterocycles. The minimum atomic E-state index is -0.928. The van der Waals surface area contributed by atoms with Crippen LogP contribution in [0.25, 0.3) is 0 Å². The number of ketones is 1. The van der Waals surface area contributed by atoms with Gasteiger partial charge in [0.25, 0.3) is 5.91 Å². The van der Waals surface area contributed by atoms with Crippen molar-refractivity contribution >= 4 is 23.3 Å². The summed E-state index contributed by atoms with van der Waals surface area (Å²) < 4.78 is 15.6. The van der Waals surface area contributed by atoms with Crippen LogP contribution in [-0.2, 0) is 12.0 Å². The minimum Gasteiger partial charge on any atom is -0.503 e. The molecule has 0 unspecified atom stereocenters. The zero-order valence-electron chi connectivity index (χ0n) is 17.8. The maximum absolute atomic E-state index is 14.1. The monoisotopic (exact) mass is 462 g/mol. The van der Waals surface area contributed by atoms with Crippen molar-refractivity contribution in [2.24, 2.45) is 5.92 Å². The van der Waals surface area contributed by atoms with E-state index in [1.165, 1.54) is 22.9 Å². The third kappa shape index (κ3) is 3.42. The average Bonchev–Trinajstić information content (AvgIpc) is 3.47. The molecule has 170 valence electrons. The van der Waals surface area contributed by atoms with Gasteiger partial charge in [0.15, 0.2) is 17.2 Å². The Bertz CT molecular complexity index is 1180. The van der Waals surface area contributed by atoms with Gasteiger partial charge in [0.2, 0.25) is 5.43 Å². The molecule has 0 saturated heterocycles. The Hall–Kier alpha value is -2.71. The number of aryl methyl sites for hydroxylation is 1. The number of Topliss-reactive ketones (excluding diaryl/α,β-unsaturated/α-hetero) is 1. The average molecular weight is 463 g/mol. The summed E-state index contributed by atoms with van der Waals surface area (Å²) in [6, 6.07) is 4.32. The predicted octanol–water partition coefficient (Wildman–Crippen LogP) is 2.73. The van der Waals surface area contributed by atoms with Crippen molar-refractivity contribution in [1.29, 1.82) is 0 Å². The number of hydrogen-bond donors (Lipinski definition) is 2. The molecule has 1 spiro atoms. The number of amides is 1. The Balaban J connectivity index is 1.73. The molecule has 9 heteroatoms. The molecule has 1 saturated carbocycles. The molecule has 32 heavy (non-hydrogen) atoms. The van der Waals surface area contributed by atoms with Crippen molar-refractivity contribution in [3.8, 4) is 5.75 Å². The highest BCUT2D eigenvalue weighted by Gasteiger charge is 2.60. The van der Waals surface area contributed by atoms with Crippen LogP contribution < -0.4 is 5.43 Å². The molecule has 1 fully saturated rings. The van der Waals surface area contributed by atoms with E-state index in [0.717, 1.165) is 0 Å². The summed E-state index contributed by atoms with van der Waals surface area (Å²) in [6.07, 6.45) is 1.72. The second kappa shape index (κ2) is 8.01. The summed E-state index contributed by atoms with van der Waals surface area (Å²) in [7, 11) is 0. The second-order valence-electron chi connectivity index (χ2n) is 8.79. The molecule has 2 aromatic rings. The van der Waals surface area contributed by atoms with Gasteiger partial charge in [-0.3, -0.25) is 14.4 Å². The van der Waals surface area contributed by atoms with Crippen molar-refractivity contribution in [3.05, 3.63) is 62.3 Å². The zero-order chi connectivity index (χ0) is 23.4. The molecule has 0 bridgehead atoms. The molecule has 7 nitrogen and oxygen atoms in total. The third-order valence-corrected chi connectivity index (χ3v) is 6.86. The number of aliphatic hydroxyl groups is 1. The minimum absolute atomic E-state index is 0.0254. The van der Waals surface area contributed by atoms with Crippen LogP contribution in [0.4, 0.5) is 4.39 Å². The maximum Gasteiger partial charge on any atom is 0.274 e. The number of fused-ring (bicyclic) bond motifs is 2. The Kier molecular flexibility index (Phi) is 5.63. The number of carbonyl (C=O) groups excluding carboxylic acids is 2. The fourth-order valence-electron chi connectivity index (χ4n) is 4.57. The smallest absolute Gasteiger partial charge is 0.274 e. The number of halogens is 2. The van der Waals surface area contributed by atoms with Gasteiger partial charge in [-0.15, -0.1) is 0 Å². The number of carbonyl (C=O) groups is 2. The highest BCUT2D eigenvalue weighted by atomic mass is 35.5. The first-order valence-corrected chi connectivity index (χ1v) is 10.9. The van der Waals surface area contributed by atoms with E-state index in [1.807, 2.05) is 13.8 Å². The number of aromatic nitrogens is 1. The van der Waals surface area contributed by atoms with Crippen LogP contribution in [-0.4, -0.2) is 50.6 Å². The topological polar surface area (TPSA) is 99.8 Å². The van der Waals surface area contributed by atoms with E-state index >= 15 is 0 Å². The van der Waals surface area contributed by atoms with Crippen LogP contribution in [0.2, 0.25) is 5.02 Å². The lowest BCUT2D eigenvalue weighted by atomic mass is 9.99. The molecule has 1 aliphatic heterocycles. The zero-order valence-corrected chi connectivity index (χ0v) is 18.5. The fourth-order valence-corrected chi connectivity index (χ4v) is 4.76. The molecule has 1 aromatic carbocycles. The molecule has 1 amide bonds. The highest BCUT2D eigenvalue weighted by molar-refractivity contribution is 6.30. The van der Waals surface area contributed by atoms with Crippen LogP contribution in [0.15, 0.2) is 29.2 Å². The molecule has 1 aromatic heterocycles. The maximum atomic E-state index is 14.1. The summed E-state index contributed by atoms with van der Waals surface area (Å²) in [6.45, 7) is 3.86. The lowest BCUT2D eigenvalue weighted by Crippen LogP contribution is -2.52. The van der Waals surface area contributed by atoms with Crippen LogP contribution in [0.1, 0.15) is 53.1 Å². The van der Waals surface area contributed by atoms with E-state index in [1.54, 1.807) is 11.0 Å². The van der Waals surface area contributed by atoms with Gasteiger partial charge in [0.1, 0.15) is 5.82 Å². The SMILES string of the molecule is CC(C)N1C[C@]2(C[C@H]2CO)n2cc(C(=O)CCc3cccc(Cl)c3F)c(=O)c(O)c2C1=O. The number of aliphatic hydroxyl groups excluding tert-OH is 1. The highest BCUT2D eigenvalue weighted by Crippen LogP contribution is 2.54. The van der Waals surface area contributed by atoms with Crippen molar-refractivity contribution in [3.63, 3.8) is 0 Å². The van der Waals surface area contributed by atoms with Crippen LogP contribution in [0, 0.1) is 11.7 Å². The van der Waals surface area contributed by atoms with Crippen molar-refractivity contribution in [2.45, 2.75) is 44.7 Å². The van der Waals surface area contributed by atoms with E-state index < -0.39 is 34.2 Å². The molecule has 0 radical (unpaired) electrons. The van der Waals surface area contributed by atoms with Gasteiger partial charge in [-0.2, -0.15) is 0 Å². The third-order valence-electron chi connectivity index (χ3n) is 6.57. The number of nitrogens with zero attached hydrogens (tertiary/aromatic N) is 2. The number of hydrogen-bond acceptors (Lipinski definition) is 5. The van der Waals surface area contributed by atoms with E-state index in [2.05, 4.69) is 0 Å². The Morgan fingerprint density at radius 1 is 1.34 bits per heavy atom. The Morgan fingerprint density at radius 2 is 2.06 bits per heavy atom. The first-order chi connectivity index (χ1) is 15.1. The van der Waals surface area contributed by atoms with Crippen molar-refractivity contribution < 1.29 is 24.2 Å². The van der Waals surface area contributed by atoms with Gasteiger partial charge in [-0.05, 0) is 38.3 Å². The first kappa shape index (κ1) is 22.5. The van der Waals surface area contributed by atoms with Gasteiger partial charge in [-0.1, -0.05) is 23.7 Å². The van der Waals surface area contributed by atoms with E-state index in [0.29, 0.717) is 13.0 Å². The van der Waals surface area contributed by atoms with Crippen LogP contribution >= 0.6 is 11.6 Å². The molecular formula is C23H24ClFN2O5. The molecule has 2 atom stereocenters. The lowest BCUT2D eigenvalue weighted by Gasteiger charge is -2.39. The summed E-state index contributed by atoms with van der Waals surface area (Å²) in [5, 5.41) is 20.3. The van der Waals surface area contributed by atoms with Crippen LogP contribution in [0.3, 0.4) is 0 Å². The van der Waals surface area contributed by atoms with E-state index in [9.17, 15) is 29.0 Å². The quantitative estimate of drug-likeness (QED) is 0.643. The second-order valence-corrected chi connectivity index (χ2v) is 9.20. The molecule has 1 aliphatic carbocycles. The standard InChI is InChI=1S/C23H24ClFN2O5/c1-12(2)26-11-23(8-14(23)10-28)27-9-15(20(30)21(31)19(27)22(26)32)17(29)7-6-13-4-3-5-16(24)18(13)25/h3-5,9,12,14,28,31H,6-8,10-11H2,1-2H3/t14-,23-/m0/s1.